The fraction of sp³-hybridized carbons (Fsp3) is 0.125. The molecule has 0 saturated heterocycles. The number of hydrogen-bond donors (Lipinski definition) is 1. The summed E-state index contributed by atoms with van der Waals surface area (Å²) in [5.74, 6) is 0.556. The van der Waals surface area contributed by atoms with Crippen LogP contribution in [0.3, 0.4) is 0 Å². The molecule has 1 heterocycles. The Hall–Kier alpha value is -2.33. The van der Waals surface area contributed by atoms with Gasteiger partial charge in [-0.25, -0.2) is 5.43 Å². The van der Waals surface area contributed by atoms with Crippen LogP contribution in [-0.2, 0) is 11.2 Å². The van der Waals surface area contributed by atoms with Gasteiger partial charge in [-0.3, -0.25) is 4.79 Å². The normalized spacial score (nSPS) is 11.8. The van der Waals surface area contributed by atoms with E-state index in [9.17, 15) is 4.79 Å². The van der Waals surface area contributed by atoms with Crippen LogP contribution in [0.25, 0.3) is 6.08 Å². The highest BCUT2D eigenvalue weighted by Gasteiger charge is 2.02. The van der Waals surface area contributed by atoms with E-state index < -0.39 is 0 Å². The minimum absolute atomic E-state index is 0.178. The molecule has 0 fully saturated rings. The monoisotopic (exact) mass is 302 g/mol. The Labute approximate surface area is 128 Å². The molecule has 1 aromatic heterocycles. The SMILES string of the molecule is CC(/C=C/c1ccco1)=N\NC(=O)Cc1ccc(Cl)cc1. The van der Waals surface area contributed by atoms with Crippen LogP contribution in [0.5, 0.6) is 0 Å². The number of benzene rings is 1. The molecule has 4 nitrogen and oxygen atoms in total. The van der Waals surface area contributed by atoms with Crippen LogP contribution in [-0.4, -0.2) is 11.6 Å². The number of carbonyl (C=O) groups excluding carboxylic acids is 1. The van der Waals surface area contributed by atoms with Gasteiger partial charge in [0.05, 0.1) is 18.4 Å². The van der Waals surface area contributed by atoms with Crippen molar-refractivity contribution in [2.24, 2.45) is 5.10 Å². The van der Waals surface area contributed by atoms with E-state index >= 15 is 0 Å². The Kier molecular flexibility index (Phi) is 5.35. The molecule has 0 spiro atoms. The molecule has 0 unspecified atom stereocenters. The first-order valence-corrected chi connectivity index (χ1v) is 6.80. The van der Waals surface area contributed by atoms with Crippen molar-refractivity contribution in [1.29, 1.82) is 0 Å². The second-order valence-corrected chi connectivity index (χ2v) is 4.88. The smallest absolute Gasteiger partial charge is 0.244 e. The van der Waals surface area contributed by atoms with E-state index in [0.717, 1.165) is 11.3 Å². The Morgan fingerprint density at radius 2 is 2.10 bits per heavy atom. The molecule has 0 radical (unpaired) electrons. The van der Waals surface area contributed by atoms with Crippen LogP contribution in [0, 0.1) is 0 Å². The van der Waals surface area contributed by atoms with E-state index in [1.807, 2.05) is 18.2 Å². The number of amides is 1. The minimum atomic E-state index is -0.178. The van der Waals surface area contributed by atoms with Crippen LogP contribution in [0.15, 0.2) is 58.3 Å². The summed E-state index contributed by atoms with van der Waals surface area (Å²) >= 11 is 5.79. The van der Waals surface area contributed by atoms with Gasteiger partial charge in [0.2, 0.25) is 5.91 Å². The first kappa shape index (κ1) is 15.1. The van der Waals surface area contributed by atoms with Crippen molar-refractivity contribution in [2.45, 2.75) is 13.3 Å². The van der Waals surface area contributed by atoms with Gasteiger partial charge in [0.15, 0.2) is 0 Å². The zero-order chi connectivity index (χ0) is 15.1. The van der Waals surface area contributed by atoms with Crippen molar-refractivity contribution in [2.75, 3.05) is 0 Å². The topological polar surface area (TPSA) is 54.6 Å². The van der Waals surface area contributed by atoms with Gasteiger partial charge in [0, 0.05) is 5.02 Å². The van der Waals surface area contributed by atoms with Gasteiger partial charge in [0.1, 0.15) is 5.76 Å². The fourth-order valence-electron chi connectivity index (χ4n) is 1.60. The molecule has 0 aliphatic heterocycles. The number of hydrogen-bond acceptors (Lipinski definition) is 3. The molecule has 108 valence electrons. The van der Waals surface area contributed by atoms with Crippen molar-refractivity contribution in [3.8, 4) is 0 Å². The van der Waals surface area contributed by atoms with Gasteiger partial charge in [-0.15, -0.1) is 0 Å². The highest BCUT2D eigenvalue weighted by atomic mass is 35.5. The second kappa shape index (κ2) is 7.45. The molecule has 0 atom stereocenters. The molecular weight excluding hydrogens is 288 g/mol. The predicted molar refractivity (Wildman–Crippen MR) is 84.1 cm³/mol. The van der Waals surface area contributed by atoms with E-state index in [-0.39, 0.29) is 12.3 Å². The number of rotatable bonds is 5. The first-order chi connectivity index (χ1) is 10.1. The van der Waals surface area contributed by atoms with Gasteiger partial charge >= 0.3 is 0 Å². The molecule has 1 aromatic carbocycles. The third-order valence-electron chi connectivity index (χ3n) is 2.67. The zero-order valence-electron chi connectivity index (χ0n) is 11.5. The Morgan fingerprint density at radius 3 is 2.76 bits per heavy atom. The highest BCUT2D eigenvalue weighted by Crippen LogP contribution is 2.09. The summed E-state index contributed by atoms with van der Waals surface area (Å²) in [5, 5.41) is 4.65. The number of allylic oxidation sites excluding steroid dienone is 1. The maximum Gasteiger partial charge on any atom is 0.244 e. The van der Waals surface area contributed by atoms with Crippen molar-refractivity contribution in [3.05, 3.63) is 65.1 Å². The van der Waals surface area contributed by atoms with E-state index in [2.05, 4.69) is 10.5 Å². The molecule has 0 bridgehead atoms. The third-order valence-corrected chi connectivity index (χ3v) is 2.92. The molecule has 2 aromatic rings. The van der Waals surface area contributed by atoms with Crippen LogP contribution in [0.2, 0.25) is 5.02 Å². The molecule has 1 amide bonds. The summed E-state index contributed by atoms with van der Waals surface area (Å²) in [6, 6.07) is 10.8. The van der Waals surface area contributed by atoms with Gasteiger partial charge < -0.3 is 4.42 Å². The molecule has 0 aliphatic rings. The molecule has 5 heteroatoms. The molecule has 0 aliphatic carbocycles. The third kappa shape index (κ3) is 5.28. The summed E-state index contributed by atoms with van der Waals surface area (Å²) in [4.78, 5) is 11.7. The quantitative estimate of drug-likeness (QED) is 0.676. The van der Waals surface area contributed by atoms with Crippen molar-refractivity contribution >= 4 is 29.3 Å². The standard InChI is InChI=1S/C16H15ClN2O2/c1-12(4-9-15-3-2-10-21-15)18-19-16(20)11-13-5-7-14(17)8-6-13/h2-10H,11H2,1H3,(H,19,20)/b9-4+,18-12+. The van der Waals surface area contributed by atoms with E-state index in [4.69, 9.17) is 16.0 Å². The molecule has 21 heavy (non-hydrogen) atoms. The number of hydrazone groups is 1. The highest BCUT2D eigenvalue weighted by molar-refractivity contribution is 6.30. The van der Waals surface area contributed by atoms with Crippen molar-refractivity contribution < 1.29 is 9.21 Å². The molecule has 2 rings (SSSR count). The summed E-state index contributed by atoms with van der Waals surface area (Å²) in [5.41, 5.74) is 4.07. The number of halogens is 1. The molecule has 0 saturated carbocycles. The second-order valence-electron chi connectivity index (χ2n) is 4.44. The van der Waals surface area contributed by atoms with Crippen LogP contribution in [0.4, 0.5) is 0 Å². The number of furan rings is 1. The van der Waals surface area contributed by atoms with Gasteiger partial charge in [0.25, 0.3) is 0 Å². The van der Waals surface area contributed by atoms with Crippen LogP contribution in [0.1, 0.15) is 18.2 Å². The first-order valence-electron chi connectivity index (χ1n) is 6.42. The lowest BCUT2D eigenvalue weighted by molar-refractivity contribution is -0.120. The predicted octanol–water partition coefficient (Wildman–Crippen LogP) is 3.68. The van der Waals surface area contributed by atoms with E-state index in [0.29, 0.717) is 10.7 Å². The fourth-order valence-corrected chi connectivity index (χ4v) is 1.73. The lowest BCUT2D eigenvalue weighted by atomic mass is 10.1. The van der Waals surface area contributed by atoms with E-state index in [1.54, 1.807) is 43.5 Å². The van der Waals surface area contributed by atoms with Crippen LogP contribution < -0.4 is 5.43 Å². The largest absolute Gasteiger partial charge is 0.465 e. The number of nitrogens with one attached hydrogen (secondary N) is 1. The average molecular weight is 303 g/mol. The van der Waals surface area contributed by atoms with Crippen molar-refractivity contribution in [3.63, 3.8) is 0 Å². The van der Waals surface area contributed by atoms with Crippen LogP contribution >= 0.6 is 11.6 Å². The maximum absolute atomic E-state index is 11.7. The minimum Gasteiger partial charge on any atom is -0.465 e. The van der Waals surface area contributed by atoms with E-state index in [1.165, 1.54) is 0 Å². The lowest BCUT2D eigenvalue weighted by Gasteiger charge is -2.01. The van der Waals surface area contributed by atoms with Gasteiger partial charge in [-0.1, -0.05) is 23.7 Å². The Bertz CT molecular complexity index is 643. The summed E-state index contributed by atoms with van der Waals surface area (Å²) in [6.45, 7) is 1.79. The zero-order valence-corrected chi connectivity index (χ0v) is 12.3. The summed E-state index contributed by atoms with van der Waals surface area (Å²) in [6.07, 6.45) is 5.40. The summed E-state index contributed by atoms with van der Waals surface area (Å²) in [7, 11) is 0. The Balaban J connectivity index is 1.84. The maximum atomic E-state index is 11.7. The number of carbonyl (C=O) groups is 1. The molecule has 1 N–H and O–H groups in total. The van der Waals surface area contributed by atoms with Crippen molar-refractivity contribution in [1.82, 2.24) is 5.43 Å². The number of nitrogens with zero attached hydrogens (tertiary/aromatic N) is 1. The average Bonchev–Trinajstić information content (AvgIpc) is 2.99. The molecular formula is C16H15ClN2O2. The Morgan fingerprint density at radius 1 is 1.33 bits per heavy atom. The lowest BCUT2D eigenvalue weighted by Crippen LogP contribution is -2.20. The summed E-state index contributed by atoms with van der Waals surface area (Å²) < 4.78 is 5.16. The van der Waals surface area contributed by atoms with Gasteiger partial charge in [-0.05, 0) is 48.9 Å². The van der Waals surface area contributed by atoms with Gasteiger partial charge in [-0.2, -0.15) is 5.10 Å².